The first-order valence-corrected chi connectivity index (χ1v) is 14.0. The Morgan fingerprint density at radius 2 is 1.78 bits per heavy atom. The molecule has 5 rings (SSSR count). The second-order valence-electron chi connectivity index (χ2n) is 11.1. The Balaban J connectivity index is 1.27. The van der Waals surface area contributed by atoms with Gasteiger partial charge in [-0.1, -0.05) is 26.2 Å². The van der Waals surface area contributed by atoms with E-state index in [0.717, 1.165) is 70.5 Å². The molecule has 1 aromatic rings. The molecule has 1 aromatic carbocycles. The highest BCUT2D eigenvalue weighted by Crippen LogP contribution is 2.32. The van der Waals surface area contributed by atoms with Crippen LogP contribution in [0.4, 0.5) is 5.69 Å². The number of likely N-dealkylation sites (tertiary alicyclic amines) is 1. The number of ketones is 1. The van der Waals surface area contributed by atoms with Crippen LogP contribution in [0.1, 0.15) is 55.8 Å². The normalized spacial score (nSPS) is 27.8. The van der Waals surface area contributed by atoms with Crippen LogP contribution < -0.4 is 16.0 Å². The number of hydrogen-bond donors (Lipinski definition) is 2. The predicted molar refractivity (Wildman–Crippen MR) is 141 cm³/mol. The number of fused-ring (bicyclic) bond motifs is 1. The third-order valence-electron chi connectivity index (χ3n) is 8.59. The molecule has 0 radical (unpaired) electrons. The van der Waals surface area contributed by atoms with Gasteiger partial charge in [-0.15, -0.1) is 0 Å². The molecule has 2 amide bonds. The molecule has 3 aliphatic heterocycles. The number of rotatable bonds is 7. The molecule has 202 valence electrons. The van der Waals surface area contributed by atoms with E-state index in [1.807, 2.05) is 24.3 Å². The number of Topliss-reactive ketones (excluding diaryl/α,β-unsaturated/α-hetero) is 1. The lowest BCUT2D eigenvalue weighted by molar-refractivity contribution is -0.139. The van der Waals surface area contributed by atoms with Gasteiger partial charge in [0.15, 0.2) is 5.78 Å². The number of amides is 2. The Kier molecular flexibility index (Phi) is 8.12. The van der Waals surface area contributed by atoms with E-state index in [0.29, 0.717) is 5.56 Å². The summed E-state index contributed by atoms with van der Waals surface area (Å²) in [7, 11) is 0. The van der Waals surface area contributed by atoms with Gasteiger partial charge in [0.2, 0.25) is 5.91 Å². The molecule has 0 unspecified atom stereocenters. The molecule has 0 aromatic heterocycles. The average molecular weight is 512 g/mol. The summed E-state index contributed by atoms with van der Waals surface area (Å²) in [5, 5.41) is 3.06. The largest absolute Gasteiger partial charge is 0.369 e. The van der Waals surface area contributed by atoms with Crippen LogP contribution in [0.15, 0.2) is 24.3 Å². The number of hydrogen-bond acceptors (Lipinski definition) is 7. The fraction of sp³-hybridized carbons (Fsp3) is 0.679. The summed E-state index contributed by atoms with van der Waals surface area (Å²) >= 11 is 0. The van der Waals surface area contributed by atoms with Gasteiger partial charge in [-0.05, 0) is 56.0 Å². The van der Waals surface area contributed by atoms with Crippen LogP contribution in [0, 0.1) is 5.92 Å². The Hall–Kier alpha value is -2.49. The fourth-order valence-corrected chi connectivity index (χ4v) is 6.54. The molecule has 4 fully saturated rings. The quantitative estimate of drug-likeness (QED) is 0.570. The highest BCUT2D eigenvalue weighted by Gasteiger charge is 2.52. The highest BCUT2D eigenvalue weighted by molar-refractivity contribution is 5.99. The number of carbonyl (C=O) groups is 3. The maximum Gasteiger partial charge on any atom is 0.251 e. The van der Waals surface area contributed by atoms with Crippen LogP contribution in [0.25, 0.3) is 0 Å². The summed E-state index contributed by atoms with van der Waals surface area (Å²) in [5.74, 6) is -0.511. The van der Waals surface area contributed by atoms with E-state index >= 15 is 0 Å². The fourth-order valence-electron chi connectivity index (χ4n) is 6.54. The predicted octanol–water partition coefficient (Wildman–Crippen LogP) is 1.40. The van der Waals surface area contributed by atoms with Gasteiger partial charge in [0.05, 0.1) is 6.04 Å². The van der Waals surface area contributed by atoms with Crippen molar-refractivity contribution in [1.82, 2.24) is 15.1 Å². The first kappa shape index (κ1) is 26.1. The van der Waals surface area contributed by atoms with Gasteiger partial charge >= 0.3 is 0 Å². The van der Waals surface area contributed by atoms with Gasteiger partial charge in [0, 0.05) is 44.0 Å². The van der Waals surface area contributed by atoms with E-state index in [2.05, 4.69) is 22.0 Å². The molecule has 4 atom stereocenters. The third kappa shape index (κ3) is 5.54. The van der Waals surface area contributed by atoms with E-state index < -0.39 is 18.2 Å². The molecule has 4 aliphatic rings. The van der Waals surface area contributed by atoms with E-state index in [4.69, 9.17) is 10.5 Å². The van der Waals surface area contributed by atoms with Crippen molar-refractivity contribution in [2.75, 3.05) is 50.8 Å². The number of nitrogens with one attached hydrogen (secondary N) is 1. The molecule has 1 saturated carbocycles. The van der Waals surface area contributed by atoms with Crippen molar-refractivity contribution in [2.45, 2.75) is 69.7 Å². The Labute approximate surface area is 219 Å². The molecular weight excluding hydrogens is 470 g/mol. The second-order valence-corrected chi connectivity index (χ2v) is 11.1. The summed E-state index contributed by atoms with van der Waals surface area (Å²) in [6, 6.07) is 6.00. The van der Waals surface area contributed by atoms with Gasteiger partial charge in [-0.3, -0.25) is 19.3 Å². The molecular formula is C28H41N5O4. The lowest BCUT2D eigenvalue weighted by atomic mass is 9.83. The van der Waals surface area contributed by atoms with Gasteiger partial charge in [0.25, 0.3) is 5.91 Å². The standard InChI is InChI=1S/C28H41N5O4/c1-2-12-31-13-15-32(16-14-31)21-10-8-20(9-11-21)27(35)30-24(19-6-4-3-5-7-19)28(36)33-17-22(29)26-25(33)23(34)18-37-26/h8-11,19,22,24-26H,2-7,12-18,29H2,1H3,(H,30,35)/t22-,24+,25-,26-/m1/s1. The van der Waals surface area contributed by atoms with Crippen molar-refractivity contribution in [3.63, 3.8) is 0 Å². The van der Waals surface area contributed by atoms with Crippen LogP contribution in [-0.4, -0.2) is 97.5 Å². The topological polar surface area (TPSA) is 108 Å². The van der Waals surface area contributed by atoms with Gasteiger partial charge in [-0.25, -0.2) is 0 Å². The average Bonchev–Trinajstić information content (AvgIpc) is 3.48. The molecule has 0 spiro atoms. The van der Waals surface area contributed by atoms with Crippen molar-refractivity contribution in [3.8, 4) is 0 Å². The number of benzene rings is 1. The number of piperazine rings is 1. The van der Waals surface area contributed by atoms with E-state index in [1.165, 1.54) is 6.42 Å². The Morgan fingerprint density at radius 1 is 1.08 bits per heavy atom. The van der Waals surface area contributed by atoms with Crippen molar-refractivity contribution in [3.05, 3.63) is 29.8 Å². The summed E-state index contributed by atoms with van der Waals surface area (Å²) in [5.41, 5.74) is 7.87. The maximum atomic E-state index is 13.8. The molecule has 3 heterocycles. The zero-order chi connectivity index (χ0) is 25.9. The van der Waals surface area contributed by atoms with E-state index in [-0.39, 0.29) is 42.7 Å². The summed E-state index contributed by atoms with van der Waals surface area (Å²) in [4.78, 5) is 46.1. The maximum absolute atomic E-state index is 13.8. The molecule has 3 saturated heterocycles. The lowest BCUT2D eigenvalue weighted by Gasteiger charge is -2.36. The van der Waals surface area contributed by atoms with Gasteiger partial charge in [0.1, 0.15) is 24.8 Å². The zero-order valence-corrected chi connectivity index (χ0v) is 21.9. The van der Waals surface area contributed by atoms with Crippen LogP contribution in [0.2, 0.25) is 0 Å². The highest BCUT2D eigenvalue weighted by atomic mass is 16.5. The smallest absolute Gasteiger partial charge is 0.251 e. The summed E-state index contributed by atoms with van der Waals surface area (Å²) < 4.78 is 5.57. The molecule has 1 aliphatic carbocycles. The molecule has 3 N–H and O–H groups in total. The minimum atomic E-state index is -0.668. The molecule has 9 nitrogen and oxygen atoms in total. The number of nitrogens with zero attached hydrogens (tertiary/aromatic N) is 3. The zero-order valence-electron chi connectivity index (χ0n) is 21.9. The van der Waals surface area contributed by atoms with Crippen molar-refractivity contribution >= 4 is 23.3 Å². The van der Waals surface area contributed by atoms with Crippen LogP contribution in [-0.2, 0) is 14.3 Å². The molecule has 37 heavy (non-hydrogen) atoms. The Morgan fingerprint density at radius 3 is 2.46 bits per heavy atom. The van der Waals surface area contributed by atoms with Crippen molar-refractivity contribution in [1.29, 1.82) is 0 Å². The van der Waals surface area contributed by atoms with Crippen LogP contribution in [0.3, 0.4) is 0 Å². The lowest BCUT2D eigenvalue weighted by Crippen LogP contribution is -2.55. The number of anilines is 1. The summed E-state index contributed by atoms with van der Waals surface area (Å²) in [6.07, 6.45) is 5.72. The third-order valence-corrected chi connectivity index (χ3v) is 8.59. The Bertz CT molecular complexity index is 971. The SMILES string of the molecule is CCCN1CCN(c2ccc(C(=O)N[C@H](C(=O)N3C[C@@H](N)[C@H]4OCC(=O)[C@H]43)C3CCCCC3)cc2)CC1. The van der Waals surface area contributed by atoms with Crippen molar-refractivity contribution < 1.29 is 19.1 Å². The minimum Gasteiger partial charge on any atom is -0.369 e. The first-order valence-electron chi connectivity index (χ1n) is 14.0. The van der Waals surface area contributed by atoms with Crippen molar-refractivity contribution in [2.24, 2.45) is 11.7 Å². The molecule has 0 bridgehead atoms. The van der Waals surface area contributed by atoms with E-state index in [9.17, 15) is 14.4 Å². The number of nitrogens with two attached hydrogens (primary N) is 1. The first-order chi connectivity index (χ1) is 18.0. The molecule has 9 heteroatoms. The number of ether oxygens (including phenoxy) is 1. The van der Waals surface area contributed by atoms with E-state index in [1.54, 1.807) is 4.90 Å². The summed E-state index contributed by atoms with van der Waals surface area (Å²) in [6.45, 7) is 7.68. The number of carbonyl (C=O) groups excluding carboxylic acids is 3. The minimum absolute atomic E-state index is 0.00668. The van der Waals surface area contributed by atoms with Crippen LogP contribution in [0.5, 0.6) is 0 Å². The monoisotopic (exact) mass is 511 g/mol. The van der Waals surface area contributed by atoms with Gasteiger partial charge < -0.3 is 25.6 Å². The van der Waals surface area contributed by atoms with Gasteiger partial charge in [-0.2, -0.15) is 0 Å². The second kappa shape index (κ2) is 11.5. The van der Waals surface area contributed by atoms with Crippen LogP contribution >= 0.6 is 0 Å².